The molecular formula is C65H94N6O14Si3. The topological polar surface area (TPSA) is 219 Å². The van der Waals surface area contributed by atoms with Gasteiger partial charge >= 0.3 is 15.0 Å². The molecule has 6 aromatic rings. The lowest BCUT2D eigenvalue weighted by Gasteiger charge is -2.40. The van der Waals surface area contributed by atoms with Gasteiger partial charge in [0.25, 0.3) is 6.48 Å². The van der Waals surface area contributed by atoms with Gasteiger partial charge in [-0.15, -0.1) is 0 Å². The van der Waals surface area contributed by atoms with Crippen molar-refractivity contribution in [1.29, 1.82) is 0 Å². The number of carbonyl (C=O) groups excluding carboxylic acids is 1. The van der Waals surface area contributed by atoms with E-state index in [1.807, 2.05) is 97.1 Å². The lowest BCUT2D eigenvalue weighted by molar-refractivity contribution is -0.321. The van der Waals surface area contributed by atoms with Crippen LogP contribution in [0.3, 0.4) is 0 Å². The standard InChI is InChI=1S/C65H94N6O14Si3/c1-73-40-42-77-64(78-43-41-74-2)82-59-58(81-63(72)55(66)44-48-26-20-18-21-27-48)56(45-79-88(84-86(5,6)7,85-87(8,9)10)83-54-30-24-16-14-12-11-13-15-17-25-31-54)80-62(59)71-47-69-57-60(67-46-68-61(57)71)70-65(49-28-22-19-23-29-49,50-32-36-52(75-3)37-33-50)51-34-38-53(76-4)39-35-51/h18-23,26-29,32-39,46-47,54-56,58-59,62,64H,11-17,24-25,30-31,40-45,66H2,1-10H3,(H,67,68,70)/t55-,56+,58+,59+,62+/m0/s1/i63+1. The largest absolute Gasteiger partial charge is 0.658 e. The Bertz CT molecular complexity index is 2930. The molecule has 4 aromatic carbocycles. The zero-order valence-corrected chi connectivity index (χ0v) is 56.2. The van der Waals surface area contributed by atoms with Crippen molar-refractivity contribution in [3.63, 3.8) is 0 Å². The Kier molecular flexibility index (Phi) is 25.7. The molecule has 20 nitrogen and oxygen atoms in total. The molecule has 0 spiro atoms. The molecule has 88 heavy (non-hydrogen) atoms. The first-order valence-electron chi connectivity index (χ1n) is 31.0. The average molecular weight is 1270 g/mol. The molecule has 3 N–H and O–H groups in total. The summed E-state index contributed by atoms with van der Waals surface area (Å²) in [5, 5.41) is 3.89. The van der Waals surface area contributed by atoms with Crippen molar-refractivity contribution in [3.05, 3.63) is 144 Å². The highest BCUT2D eigenvalue weighted by molar-refractivity contribution is 6.83. The third-order valence-corrected chi connectivity index (χ3v) is 23.4. The van der Waals surface area contributed by atoms with E-state index in [0.717, 1.165) is 60.8 Å². The summed E-state index contributed by atoms with van der Waals surface area (Å²) in [5.74, 6) is 1.08. The minimum absolute atomic E-state index is 0.0852. The van der Waals surface area contributed by atoms with Gasteiger partial charge in [0.2, 0.25) is 0 Å². The number of nitrogens with zero attached hydrogens (tertiary/aromatic N) is 4. The van der Waals surface area contributed by atoms with E-state index in [2.05, 4.69) is 56.7 Å². The molecular weight excluding hydrogens is 1170 g/mol. The molecule has 0 amide bonds. The van der Waals surface area contributed by atoms with Gasteiger partial charge < -0.3 is 70.8 Å². The summed E-state index contributed by atoms with van der Waals surface area (Å²) in [4.78, 5) is 29.7. The molecule has 1 aliphatic heterocycles. The number of ether oxygens (including phenoxy) is 9. The van der Waals surface area contributed by atoms with Crippen LogP contribution >= 0.6 is 0 Å². The Balaban J connectivity index is 1.26. The summed E-state index contributed by atoms with van der Waals surface area (Å²) in [5.41, 5.74) is 9.96. The summed E-state index contributed by atoms with van der Waals surface area (Å²) in [6, 6.07) is 34.4. The van der Waals surface area contributed by atoms with Crippen LogP contribution in [0.2, 0.25) is 39.3 Å². The third kappa shape index (κ3) is 19.0. The van der Waals surface area contributed by atoms with Crippen LogP contribution in [0, 0.1) is 0 Å². The number of hydrogen-bond acceptors (Lipinski definition) is 19. The molecule has 5 atom stereocenters. The van der Waals surface area contributed by atoms with E-state index in [0.29, 0.717) is 28.5 Å². The zero-order chi connectivity index (χ0) is 62.6. The van der Waals surface area contributed by atoms with Crippen molar-refractivity contribution in [2.24, 2.45) is 5.73 Å². The molecule has 480 valence electrons. The fourth-order valence-corrected chi connectivity index (χ4v) is 19.7. The van der Waals surface area contributed by atoms with Crippen molar-refractivity contribution < 1.29 is 64.5 Å². The van der Waals surface area contributed by atoms with Crippen LogP contribution in [0.4, 0.5) is 5.82 Å². The van der Waals surface area contributed by atoms with Crippen molar-refractivity contribution in [1.82, 2.24) is 19.5 Å². The minimum Gasteiger partial charge on any atom is -0.497 e. The van der Waals surface area contributed by atoms with Crippen molar-refractivity contribution in [2.45, 2.75) is 165 Å². The normalized spacial score (nSPS) is 19.0. The minimum atomic E-state index is -4.11. The summed E-state index contributed by atoms with van der Waals surface area (Å²) in [6.07, 6.45) is 10.5. The van der Waals surface area contributed by atoms with E-state index in [9.17, 15) is 4.79 Å². The molecule has 0 radical (unpaired) electrons. The number of hydrogen-bond donors (Lipinski definition) is 2. The van der Waals surface area contributed by atoms with Crippen LogP contribution in [-0.2, 0) is 67.0 Å². The smallest absolute Gasteiger partial charge is 0.497 e. The average Bonchev–Trinajstić information content (AvgIpc) is 1.34. The van der Waals surface area contributed by atoms with E-state index < -0.39 is 74.2 Å². The summed E-state index contributed by atoms with van der Waals surface area (Å²) >= 11 is 0. The van der Waals surface area contributed by atoms with Crippen LogP contribution in [-0.4, -0.2) is 150 Å². The molecule has 23 heteroatoms. The van der Waals surface area contributed by atoms with E-state index in [4.69, 9.17) is 80.4 Å². The zero-order valence-electron chi connectivity index (χ0n) is 53.2. The molecule has 2 fully saturated rings. The van der Waals surface area contributed by atoms with E-state index in [1.54, 1.807) is 39.3 Å². The predicted molar refractivity (Wildman–Crippen MR) is 344 cm³/mol. The first-order valence-corrected chi connectivity index (χ1v) is 39.5. The van der Waals surface area contributed by atoms with Gasteiger partial charge in [0.05, 0.1) is 59.7 Å². The second-order valence-corrected chi connectivity index (χ2v) is 36.0. The first kappa shape index (κ1) is 68.4. The van der Waals surface area contributed by atoms with E-state index >= 15 is 0 Å². The van der Waals surface area contributed by atoms with Gasteiger partial charge in [-0.1, -0.05) is 143 Å². The maximum atomic E-state index is 14.8. The maximum absolute atomic E-state index is 14.8. The molecule has 3 heterocycles. The highest BCUT2D eigenvalue weighted by Gasteiger charge is 2.57. The van der Waals surface area contributed by atoms with Crippen LogP contribution in [0.15, 0.2) is 122 Å². The number of anilines is 1. The molecule has 1 aliphatic carbocycles. The fourth-order valence-electron chi connectivity index (χ4n) is 11.2. The Morgan fingerprint density at radius 1 is 0.659 bits per heavy atom. The van der Waals surface area contributed by atoms with Gasteiger partial charge in [-0.3, -0.25) is 9.36 Å². The second-order valence-electron chi connectivity index (χ2n) is 24.4. The number of imidazole rings is 1. The Morgan fingerprint density at radius 2 is 1.18 bits per heavy atom. The van der Waals surface area contributed by atoms with Crippen LogP contribution in [0.25, 0.3) is 11.2 Å². The lowest BCUT2D eigenvalue weighted by atomic mass is 9.77. The number of fused-ring (bicyclic) bond motifs is 1. The Labute approximate surface area is 523 Å². The molecule has 1 saturated heterocycles. The van der Waals surface area contributed by atoms with E-state index in [1.165, 1.54) is 38.4 Å². The van der Waals surface area contributed by atoms with E-state index in [-0.39, 0.29) is 45.6 Å². The monoisotopic (exact) mass is 1270 g/mol. The Hall–Kier alpha value is -5.49. The number of benzene rings is 4. The maximum Gasteiger partial charge on any atom is 0.658 e. The molecule has 0 bridgehead atoms. The number of methoxy groups -OCH3 is 4. The van der Waals surface area contributed by atoms with Crippen molar-refractivity contribution >= 4 is 48.6 Å². The second kappa shape index (κ2) is 33.0. The third-order valence-electron chi connectivity index (χ3n) is 15.3. The van der Waals surface area contributed by atoms with Crippen molar-refractivity contribution in [3.8, 4) is 11.5 Å². The molecule has 2 aromatic heterocycles. The number of nitrogens with two attached hydrogens (primary N) is 1. The molecule has 0 unspecified atom stereocenters. The number of nitrogens with one attached hydrogen (secondary N) is 1. The highest BCUT2D eigenvalue weighted by Crippen LogP contribution is 2.44. The first-order chi connectivity index (χ1) is 42.5. The molecule has 8 rings (SSSR count). The van der Waals surface area contributed by atoms with Gasteiger partial charge in [0.15, 0.2) is 45.9 Å². The quantitative estimate of drug-likeness (QED) is 0.0103. The van der Waals surface area contributed by atoms with Gasteiger partial charge in [-0.2, -0.15) is 0 Å². The van der Waals surface area contributed by atoms with Crippen LogP contribution in [0.5, 0.6) is 11.5 Å². The lowest BCUT2D eigenvalue weighted by Crippen LogP contribution is -2.61. The van der Waals surface area contributed by atoms with Gasteiger partial charge in [-0.05, 0) is 105 Å². The number of esters is 1. The predicted octanol–water partition coefficient (Wildman–Crippen LogP) is 11.5. The molecule has 1 saturated carbocycles. The number of aromatic nitrogens is 4. The SMILES string of the molecule is COCCOC(OCCOC)O[C@@H]1[C@H](O[13C](=O)[C@@H](N)Cc2ccccc2)[C@@H](CO[Si](OC2CCCCCCCCCCC2)(O[Si](C)(C)C)O[Si](C)(C)C)O[C@H]1n1cnc2c(NC(c3ccccc3)(c3ccc(OC)cc3)c3ccc(OC)cc3)ncnc21. The summed E-state index contributed by atoms with van der Waals surface area (Å²) in [7, 11) is -2.70. The highest BCUT2D eigenvalue weighted by atomic mass is 28.5. The van der Waals surface area contributed by atoms with Gasteiger partial charge in [-0.25, -0.2) is 15.0 Å². The summed E-state index contributed by atoms with van der Waals surface area (Å²) < 4.78 is 86.3. The van der Waals surface area contributed by atoms with Gasteiger partial charge in [0.1, 0.15) is 41.6 Å². The van der Waals surface area contributed by atoms with Crippen LogP contribution < -0.4 is 20.5 Å². The fraction of sp³-hybridized carbons (Fsp3) is 0.538. The molecule has 2 aliphatic rings. The van der Waals surface area contributed by atoms with Crippen molar-refractivity contribution in [2.75, 3.05) is 66.8 Å². The summed E-state index contributed by atoms with van der Waals surface area (Å²) in [6.45, 7) is 11.7. The number of rotatable bonds is 31. The number of carbonyl (C=O) groups is 1. The Morgan fingerprint density at radius 3 is 1.70 bits per heavy atom. The van der Waals surface area contributed by atoms with Gasteiger partial charge in [0, 0.05) is 14.2 Å². The van der Waals surface area contributed by atoms with Crippen LogP contribution in [0.1, 0.15) is 99.1 Å².